The summed E-state index contributed by atoms with van der Waals surface area (Å²) in [5.41, 5.74) is 1.04. The fourth-order valence-electron chi connectivity index (χ4n) is 3.04. The number of carbonyl (C=O) groups excluding carboxylic acids is 2. The topological polar surface area (TPSA) is 61.4 Å². The molecule has 25 heavy (non-hydrogen) atoms. The summed E-state index contributed by atoms with van der Waals surface area (Å²) < 4.78 is 0. The normalized spacial score (nSPS) is 18.6. The van der Waals surface area contributed by atoms with Gasteiger partial charge in [-0.25, -0.2) is 0 Å². The van der Waals surface area contributed by atoms with Crippen LogP contribution in [0.3, 0.4) is 0 Å². The zero-order valence-corrected chi connectivity index (χ0v) is 15.1. The Morgan fingerprint density at radius 2 is 2.08 bits per heavy atom. The van der Waals surface area contributed by atoms with Crippen molar-refractivity contribution >= 4 is 23.2 Å². The van der Waals surface area contributed by atoms with E-state index in [0.717, 1.165) is 12.1 Å². The average Bonchev–Trinajstić information content (AvgIpc) is 3.16. The highest BCUT2D eigenvalue weighted by Gasteiger charge is 2.29. The number of nitrogens with one attached hydrogen (secondary N) is 2. The van der Waals surface area contributed by atoms with Gasteiger partial charge in [0.1, 0.15) is 6.04 Å². The van der Waals surface area contributed by atoms with Crippen LogP contribution < -0.4 is 10.6 Å². The minimum Gasteiger partial charge on any atom is -0.339 e. The minimum atomic E-state index is -0.553. The van der Waals surface area contributed by atoms with E-state index in [9.17, 15) is 9.59 Å². The Morgan fingerprint density at radius 1 is 1.28 bits per heavy atom. The smallest absolute Gasteiger partial charge is 0.262 e. The van der Waals surface area contributed by atoms with Crippen LogP contribution in [-0.4, -0.2) is 48.4 Å². The van der Waals surface area contributed by atoms with E-state index in [4.69, 9.17) is 0 Å². The van der Waals surface area contributed by atoms with Crippen LogP contribution in [0.5, 0.6) is 0 Å². The lowest BCUT2D eigenvalue weighted by Gasteiger charge is -2.34. The van der Waals surface area contributed by atoms with E-state index in [1.54, 1.807) is 6.07 Å². The number of thiophene rings is 1. The van der Waals surface area contributed by atoms with Gasteiger partial charge in [-0.05, 0) is 23.9 Å². The Hall–Kier alpha value is -2.18. The summed E-state index contributed by atoms with van der Waals surface area (Å²) in [5.74, 6) is -0.199. The average molecular weight is 357 g/mol. The molecule has 2 amide bonds. The van der Waals surface area contributed by atoms with Crippen molar-refractivity contribution in [2.45, 2.75) is 25.4 Å². The Bertz CT molecular complexity index is 703. The number of rotatable bonds is 5. The number of nitrogens with zero attached hydrogens (tertiary/aromatic N) is 1. The van der Waals surface area contributed by atoms with Gasteiger partial charge in [-0.3, -0.25) is 9.59 Å². The maximum atomic E-state index is 13.0. The molecule has 1 fully saturated rings. The molecule has 132 valence electrons. The number of benzene rings is 1. The molecule has 2 N–H and O–H groups in total. The molecule has 2 atom stereocenters. The first-order valence-electron chi connectivity index (χ1n) is 8.54. The van der Waals surface area contributed by atoms with E-state index in [1.807, 2.05) is 46.7 Å². The quantitative estimate of drug-likeness (QED) is 0.859. The lowest BCUT2D eigenvalue weighted by atomic mass is 10.0. The summed E-state index contributed by atoms with van der Waals surface area (Å²) in [6, 6.07) is 13.1. The summed E-state index contributed by atoms with van der Waals surface area (Å²) in [4.78, 5) is 28.0. The van der Waals surface area contributed by atoms with Crippen LogP contribution in [0, 0.1) is 0 Å². The van der Waals surface area contributed by atoms with E-state index in [1.165, 1.54) is 11.3 Å². The molecular weight excluding hydrogens is 334 g/mol. The van der Waals surface area contributed by atoms with Crippen molar-refractivity contribution in [3.05, 3.63) is 58.3 Å². The Kier molecular flexibility index (Phi) is 5.83. The van der Waals surface area contributed by atoms with Crippen molar-refractivity contribution in [3.63, 3.8) is 0 Å². The Morgan fingerprint density at radius 3 is 2.76 bits per heavy atom. The highest BCUT2D eigenvalue weighted by Crippen LogP contribution is 2.12. The summed E-state index contributed by atoms with van der Waals surface area (Å²) in [7, 11) is 0. The van der Waals surface area contributed by atoms with Gasteiger partial charge in [-0.1, -0.05) is 36.4 Å². The molecule has 3 rings (SSSR count). The molecule has 1 aliphatic rings. The lowest BCUT2D eigenvalue weighted by Crippen LogP contribution is -2.57. The molecule has 0 radical (unpaired) electrons. The molecule has 2 unspecified atom stereocenters. The molecule has 6 heteroatoms. The summed E-state index contributed by atoms with van der Waals surface area (Å²) in [5, 5.41) is 8.14. The van der Waals surface area contributed by atoms with Crippen molar-refractivity contribution in [3.8, 4) is 0 Å². The monoisotopic (exact) mass is 357 g/mol. The Labute approximate surface area is 152 Å². The van der Waals surface area contributed by atoms with Gasteiger partial charge in [0.25, 0.3) is 5.91 Å². The van der Waals surface area contributed by atoms with Crippen molar-refractivity contribution in [1.82, 2.24) is 15.5 Å². The SMILES string of the molecule is CC1CN(C(=O)C(Cc2ccccc2)NC(=O)c2cccs2)CCN1. The second-order valence-electron chi connectivity index (χ2n) is 6.33. The third-order valence-corrected chi connectivity index (χ3v) is 5.18. The summed E-state index contributed by atoms with van der Waals surface area (Å²) in [6.45, 7) is 4.18. The van der Waals surface area contributed by atoms with Crippen molar-refractivity contribution < 1.29 is 9.59 Å². The van der Waals surface area contributed by atoms with Gasteiger partial charge in [-0.2, -0.15) is 0 Å². The largest absolute Gasteiger partial charge is 0.339 e. The molecular formula is C19H23N3O2S. The van der Waals surface area contributed by atoms with Gasteiger partial charge in [-0.15, -0.1) is 11.3 Å². The first-order chi connectivity index (χ1) is 12.1. The first kappa shape index (κ1) is 17.6. The fraction of sp³-hybridized carbons (Fsp3) is 0.368. The molecule has 0 spiro atoms. The molecule has 0 saturated carbocycles. The van der Waals surface area contributed by atoms with Crippen molar-refractivity contribution in [2.24, 2.45) is 0 Å². The molecule has 0 bridgehead atoms. The Balaban J connectivity index is 1.75. The standard InChI is InChI=1S/C19H23N3O2S/c1-14-13-22(10-9-20-14)19(24)16(12-15-6-3-2-4-7-15)21-18(23)17-8-5-11-25-17/h2-8,11,14,16,20H,9-10,12-13H2,1H3,(H,21,23). The van der Waals surface area contributed by atoms with E-state index in [-0.39, 0.29) is 17.9 Å². The van der Waals surface area contributed by atoms with Gasteiger partial charge in [0.15, 0.2) is 0 Å². The molecule has 5 nitrogen and oxygen atoms in total. The zero-order chi connectivity index (χ0) is 17.6. The number of hydrogen-bond acceptors (Lipinski definition) is 4. The van der Waals surface area contributed by atoms with E-state index in [2.05, 4.69) is 17.6 Å². The van der Waals surface area contributed by atoms with E-state index in [0.29, 0.717) is 24.4 Å². The maximum absolute atomic E-state index is 13.0. The number of carbonyl (C=O) groups is 2. The predicted octanol–water partition coefficient (Wildman–Crippen LogP) is 1.91. The van der Waals surface area contributed by atoms with Crippen LogP contribution in [-0.2, 0) is 11.2 Å². The third-order valence-electron chi connectivity index (χ3n) is 4.31. The number of amides is 2. The van der Waals surface area contributed by atoms with Crippen molar-refractivity contribution in [2.75, 3.05) is 19.6 Å². The van der Waals surface area contributed by atoms with Crippen LogP contribution in [0.15, 0.2) is 47.8 Å². The van der Waals surface area contributed by atoms with Crippen molar-refractivity contribution in [1.29, 1.82) is 0 Å². The molecule has 1 saturated heterocycles. The highest BCUT2D eigenvalue weighted by atomic mass is 32.1. The fourth-order valence-corrected chi connectivity index (χ4v) is 3.67. The second kappa shape index (κ2) is 8.27. The molecule has 1 aromatic carbocycles. The summed E-state index contributed by atoms with van der Waals surface area (Å²) >= 11 is 1.38. The molecule has 1 aromatic heterocycles. The number of piperazine rings is 1. The van der Waals surface area contributed by atoms with Crippen LogP contribution >= 0.6 is 11.3 Å². The molecule has 0 aliphatic carbocycles. The predicted molar refractivity (Wildman–Crippen MR) is 99.8 cm³/mol. The number of hydrogen-bond donors (Lipinski definition) is 2. The van der Waals surface area contributed by atoms with Gasteiger partial charge in [0, 0.05) is 32.1 Å². The second-order valence-corrected chi connectivity index (χ2v) is 7.28. The highest BCUT2D eigenvalue weighted by molar-refractivity contribution is 7.12. The third kappa shape index (κ3) is 4.67. The zero-order valence-electron chi connectivity index (χ0n) is 14.3. The molecule has 2 heterocycles. The van der Waals surface area contributed by atoms with Gasteiger partial charge < -0.3 is 15.5 Å². The van der Waals surface area contributed by atoms with Crippen LogP contribution in [0.1, 0.15) is 22.2 Å². The van der Waals surface area contributed by atoms with Gasteiger partial charge in [0.2, 0.25) is 5.91 Å². The van der Waals surface area contributed by atoms with E-state index >= 15 is 0 Å². The first-order valence-corrected chi connectivity index (χ1v) is 9.42. The maximum Gasteiger partial charge on any atom is 0.262 e. The van der Waals surface area contributed by atoms with Gasteiger partial charge in [0.05, 0.1) is 4.88 Å². The van der Waals surface area contributed by atoms with E-state index < -0.39 is 6.04 Å². The lowest BCUT2D eigenvalue weighted by molar-refractivity contribution is -0.134. The van der Waals surface area contributed by atoms with Gasteiger partial charge >= 0.3 is 0 Å². The van der Waals surface area contributed by atoms with Crippen LogP contribution in [0.2, 0.25) is 0 Å². The van der Waals surface area contributed by atoms with Crippen LogP contribution in [0.25, 0.3) is 0 Å². The van der Waals surface area contributed by atoms with Crippen LogP contribution in [0.4, 0.5) is 0 Å². The molecule has 2 aromatic rings. The molecule has 1 aliphatic heterocycles. The summed E-state index contributed by atoms with van der Waals surface area (Å²) in [6.07, 6.45) is 0.495. The minimum absolute atomic E-state index is 0.0119.